The number of ether oxygens (including phenoxy) is 3. The average molecular weight is 410 g/mol. The van der Waals surface area contributed by atoms with Crippen molar-refractivity contribution in [3.63, 3.8) is 0 Å². The van der Waals surface area contributed by atoms with Gasteiger partial charge in [0.25, 0.3) is 0 Å². The van der Waals surface area contributed by atoms with Crippen molar-refractivity contribution in [2.45, 2.75) is 12.6 Å². The molecule has 0 saturated heterocycles. The number of carboxylic acids is 1. The largest absolute Gasteiger partial charge is 0.490 e. The number of anilines is 2. The first kappa shape index (κ1) is 19.9. The molecule has 0 unspecified atom stereocenters. The second kappa shape index (κ2) is 7.27. The molecule has 0 radical (unpaired) electrons. The van der Waals surface area contributed by atoms with Gasteiger partial charge in [-0.1, -0.05) is 0 Å². The zero-order valence-corrected chi connectivity index (χ0v) is 14.5. The smallest absolute Gasteiger partial charge is 0.486 e. The van der Waals surface area contributed by atoms with Crippen molar-refractivity contribution >= 4 is 17.5 Å². The fraction of sp³-hybridized carbons (Fsp3) is 0.235. The molecule has 2 aromatic rings. The Morgan fingerprint density at radius 1 is 1.17 bits per heavy atom. The number of nitrogens with two attached hydrogens (primary N) is 2. The van der Waals surface area contributed by atoms with Crippen LogP contribution in [0.1, 0.15) is 16.7 Å². The lowest BCUT2D eigenvalue weighted by Crippen LogP contribution is -2.21. The molecule has 29 heavy (non-hydrogen) atoms. The van der Waals surface area contributed by atoms with Crippen LogP contribution in [-0.2, 0) is 11.2 Å². The quantitative estimate of drug-likeness (QED) is 0.506. The van der Waals surface area contributed by atoms with Crippen molar-refractivity contribution in [3.8, 4) is 29.2 Å². The zero-order chi connectivity index (χ0) is 21.3. The predicted molar refractivity (Wildman–Crippen MR) is 91.8 cm³/mol. The molecule has 0 aliphatic carbocycles. The Morgan fingerprint density at radius 3 is 2.31 bits per heavy atom. The number of carbonyl (C=O) groups is 1. The molecule has 9 nitrogen and oxygen atoms in total. The lowest BCUT2D eigenvalue weighted by molar-refractivity contribution is -0.192. The lowest BCUT2D eigenvalue weighted by Gasteiger charge is -2.25. The molecule has 152 valence electrons. The molecule has 0 saturated carbocycles. The van der Waals surface area contributed by atoms with Gasteiger partial charge >= 0.3 is 12.1 Å². The lowest BCUT2D eigenvalue weighted by atomic mass is 9.98. The van der Waals surface area contributed by atoms with E-state index in [2.05, 4.69) is 4.98 Å². The maximum absolute atomic E-state index is 10.6. The van der Waals surface area contributed by atoms with Gasteiger partial charge in [0.15, 0.2) is 11.5 Å². The summed E-state index contributed by atoms with van der Waals surface area (Å²) in [6.45, 7) is 1.02. The molecule has 5 N–H and O–H groups in total. The van der Waals surface area contributed by atoms with Gasteiger partial charge in [-0.25, -0.2) is 4.79 Å². The molecule has 0 bridgehead atoms. The predicted octanol–water partition coefficient (Wildman–Crippen LogP) is 2.22. The van der Waals surface area contributed by atoms with Gasteiger partial charge in [-0.05, 0) is 6.07 Å². The van der Waals surface area contributed by atoms with Gasteiger partial charge in [0.1, 0.15) is 36.4 Å². The molecular formula is C17H13F3N4O5. The summed E-state index contributed by atoms with van der Waals surface area (Å²) in [7, 11) is 0. The van der Waals surface area contributed by atoms with Crippen LogP contribution in [0.5, 0.6) is 23.1 Å². The highest BCUT2D eigenvalue weighted by molar-refractivity contribution is 5.73. The molecule has 1 aromatic heterocycles. The van der Waals surface area contributed by atoms with Gasteiger partial charge in [0.05, 0.1) is 5.69 Å². The van der Waals surface area contributed by atoms with E-state index in [9.17, 15) is 13.2 Å². The summed E-state index contributed by atoms with van der Waals surface area (Å²) >= 11 is 0. The molecular weight excluding hydrogens is 397 g/mol. The van der Waals surface area contributed by atoms with Crippen molar-refractivity contribution in [3.05, 3.63) is 28.8 Å². The van der Waals surface area contributed by atoms with Crippen LogP contribution in [0.15, 0.2) is 12.1 Å². The fourth-order valence-electron chi connectivity index (χ4n) is 2.65. The summed E-state index contributed by atoms with van der Waals surface area (Å²) in [5, 5.41) is 16.3. The van der Waals surface area contributed by atoms with Crippen molar-refractivity contribution in [1.29, 1.82) is 5.26 Å². The number of halogens is 3. The van der Waals surface area contributed by atoms with E-state index in [1.165, 1.54) is 0 Å². The van der Waals surface area contributed by atoms with Gasteiger partial charge in [-0.3, -0.25) is 0 Å². The molecule has 0 fully saturated rings. The van der Waals surface area contributed by atoms with E-state index >= 15 is 0 Å². The van der Waals surface area contributed by atoms with E-state index in [0.717, 1.165) is 5.56 Å². The Hall–Kier alpha value is -3.88. The van der Waals surface area contributed by atoms with Crippen LogP contribution in [0.4, 0.5) is 24.7 Å². The first-order chi connectivity index (χ1) is 13.6. The second-order valence-corrected chi connectivity index (χ2v) is 5.87. The number of pyridine rings is 1. The third kappa shape index (κ3) is 3.88. The number of hydrogen-bond donors (Lipinski definition) is 3. The van der Waals surface area contributed by atoms with E-state index in [1.807, 2.05) is 12.1 Å². The summed E-state index contributed by atoms with van der Waals surface area (Å²) in [6, 6.07) is 5.62. The van der Waals surface area contributed by atoms with Crippen molar-refractivity contribution < 1.29 is 37.3 Å². The molecule has 3 heterocycles. The Morgan fingerprint density at radius 2 is 1.76 bits per heavy atom. The highest BCUT2D eigenvalue weighted by Gasteiger charge is 2.38. The molecule has 4 rings (SSSR count). The highest BCUT2D eigenvalue weighted by Crippen LogP contribution is 2.45. The number of fused-ring (bicyclic) bond motifs is 3. The van der Waals surface area contributed by atoms with Crippen LogP contribution in [0.3, 0.4) is 0 Å². The van der Waals surface area contributed by atoms with Crippen LogP contribution in [-0.4, -0.2) is 35.4 Å². The third-order valence-electron chi connectivity index (χ3n) is 3.98. The van der Waals surface area contributed by atoms with E-state index in [0.29, 0.717) is 54.0 Å². The molecule has 2 aliphatic rings. The standard InChI is InChI=1S/C15H12N4O3.C2HF3O2/c16-6-9-13(17)8-3-7-4-11-12(21-2-1-20-11)5-10(7)22-15(8)19-14(9)18;3-2(4,5)1(6)7/h4-5H,1-3H2,(H4,17,18,19);(H,6,7). The van der Waals surface area contributed by atoms with Gasteiger partial charge in [0, 0.05) is 23.6 Å². The summed E-state index contributed by atoms with van der Waals surface area (Å²) in [4.78, 5) is 13.0. The second-order valence-electron chi connectivity index (χ2n) is 5.87. The Kier molecular flexibility index (Phi) is 4.98. The number of carboxylic acid groups (broad SMARTS) is 1. The Bertz CT molecular complexity index is 1030. The zero-order valence-electron chi connectivity index (χ0n) is 14.5. The number of aliphatic carboxylic acids is 1. The van der Waals surface area contributed by atoms with Crippen LogP contribution >= 0.6 is 0 Å². The summed E-state index contributed by atoms with van der Waals surface area (Å²) in [5.41, 5.74) is 13.8. The van der Waals surface area contributed by atoms with E-state index < -0.39 is 12.1 Å². The molecule has 12 heteroatoms. The third-order valence-corrected chi connectivity index (χ3v) is 3.98. The normalized spacial score (nSPS) is 13.6. The van der Waals surface area contributed by atoms with Crippen LogP contribution in [0, 0.1) is 11.3 Å². The van der Waals surface area contributed by atoms with E-state index in [-0.39, 0.29) is 11.4 Å². The molecule has 0 spiro atoms. The molecule has 2 aliphatic heterocycles. The maximum Gasteiger partial charge on any atom is 0.490 e. The SMILES string of the molecule is N#Cc1c(N)nc2c(c1N)Cc1cc3c(cc1O2)OCCO3.O=C(O)C(F)(F)F. The Balaban J connectivity index is 0.000000298. The molecule has 0 amide bonds. The molecule has 0 atom stereocenters. The van der Waals surface area contributed by atoms with Gasteiger partial charge in [-0.15, -0.1) is 0 Å². The number of nitrogen functional groups attached to an aromatic ring is 2. The van der Waals surface area contributed by atoms with E-state index in [1.54, 1.807) is 6.07 Å². The summed E-state index contributed by atoms with van der Waals surface area (Å²) < 4.78 is 48.6. The fourth-order valence-corrected chi connectivity index (χ4v) is 2.65. The minimum absolute atomic E-state index is 0.0692. The average Bonchev–Trinajstić information content (AvgIpc) is 2.65. The number of nitriles is 1. The number of hydrogen-bond acceptors (Lipinski definition) is 8. The number of rotatable bonds is 0. The minimum Gasteiger partial charge on any atom is -0.486 e. The Labute approximate surface area is 161 Å². The monoisotopic (exact) mass is 410 g/mol. The van der Waals surface area contributed by atoms with Gasteiger partial charge < -0.3 is 30.8 Å². The van der Waals surface area contributed by atoms with Gasteiger partial charge in [-0.2, -0.15) is 23.4 Å². The topological polar surface area (TPSA) is 154 Å². The van der Waals surface area contributed by atoms with Crippen molar-refractivity contribution in [1.82, 2.24) is 4.98 Å². The minimum atomic E-state index is -5.08. The maximum atomic E-state index is 10.6. The number of alkyl halides is 3. The number of benzene rings is 1. The van der Waals surface area contributed by atoms with E-state index in [4.69, 9.17) is 40.8 Å². The number of aromatic nitrogens is 1. The van der Waals surface area contributed by atoms with Crippen molar-refractivity contribution in [2.75, 3.05) is 24.7 Å². The highest BCUT2D eigenvalue weighted by atomic mass is 19.4. The van der Waals surface area contributed by atoms with Crippen LogP contribution < -0.4 is 25.7 Å². The summed E-state index contributed by atoms with van der Waals surface area (Å²) in [5.74, 6) is -0.402. The van der Waals surface area contributed by atoms with Crippen molar-refractivity contribution in [2.24, 2.45) is 0 Å². The molecule has 1 aromatic carbocycles. The van der Waals surface area contributed by atoms with Crippen LogP contribution in [0.2, 0.25) is 0 Å². The first-order valence-electron chi connectivity index (χ1n) is 8.00. The first-order valence-corrected chi connectivity index (χ1v) is 8.00. The summed E-state index contributed by atoms with van der Waals surface area (Å²) in [6.07, 6.45) is -4.59. The van der Waals surface area contributed by atoms with Gasteiger partial charge in [0.2, 0.25) is 5.88 Å². The van der Waals surface area contributed by atoms with Crippen LogP contribution in [0.25, 0.3) is 0 Å². The number of nitrogens with zero attached hydrogens (tertiary/aromatic N) is 2.